The third-order valence-electron chi connectivity index (χ3n) is 2.12. The number of nitrogens with two attached hydrogens (primary N) is 1. The molecule has 0 amide bonds. The highest BCUT2D eigenvalue weighted by atomic mass is 32.2. The van der Waals surface area contributed by atoms with Crippen molar-refractivity contribution < 1.29 is 0 Å². The molecule has 90 valence electrons. The number of thioether (sulfide) groups is 1. The molecule has 0 aliphatic heterocycles. The largest absolute Gasteiger partial charge is 0.308 e. The number of aryl methyl sites for hydroxylation is 1. The standard InChI is InChI=1S/C11H20N4S/c1-3-5-7-16-11-8-10(15-12)13-9(14-11)6-4-2/h8H,3-7,12H2,1-2H3,(H,13,14,15). The number of hydrogen-bond donors (Lipinski definition) is 2. The molecule has 5 heteroatoms. The number of anilines is 1. The van der Waals surface area contributed by atoms with E-state index < -0.39 is 0 Å². The van der Waals surface area contributed by atoms with Crippen LogP contribution < -0.4 is 11.3 Å². The van der Waals surface area contributed by atoms with Gasteiger partial charge in [0.1, 0.15) is 16.7 Å². The van der Waals surface area contributed by atoms with Crippen molar-refractivity contribution in [3.63, 3.8) is 0 Å². The molecule has 0 saturated heterocycles. The number of hydrogen-bond acceptors (Lipinski definition) is 5. The fraction of sp³-hybridized carbons (Fsp3) is 0.636. The van der Waals surface area contributed by atoms with Crippen LogP contribution in [0.4, 0.5) is 5.82 Å². The molecule has 0 bridgehead atoms. The van der Waals surface area contributed by atoms with Crippen LogP contribution in [0.1, 0.15) is 38.9 Å². The summed E-state index contributed by atoms with van der Waals surface area (Å²) >= 11 is 1.77. The molecule has 1 rings (SSSR count). The minimum absolute atomic E-state index is 0.706. The zero-order valence-corrected chi connectivity index (χ0v) is 10.8. The molecule has 1 heterocycles. The molecule has 0 aliphatic carbocycles. The van der Waals surface area contributed by atoms with Crippen molar-refractivity contribution in [3.05, 3.63) is 11.9 Å². The summed E-state index contributed by atoms with van der Waals surface area (Å²) in [4.78, 5) is 8.81. The summed E-state index contributed by atoms with van der Waals surface area (Å²) < 4.78 is 0. The lowest BCUT2D eigenvalue weighted by molar-refractivity contribution is 0.809. The SMILES string of the molecule is CCCCSc1cc(NN)nc(CCC)n1. The molecule has 1 aromatic rings. The molecule has 0 radical (unpaired) electrons. The van der Waals surface area contributed by atoms with Crippen molar-refractivity contribution in [2.45, 2.75) is 44.6 Å². The van der Waals surface area contributed by atoms with Gasteiger partial charge in [0.15, 0.2) is 0 Å². The van der Waals surface area contributed by atoms with E-state index in [0.717, 1.165) is 29.4 Å². The summed E-state index contributed by atoms with van der Waals surface area (Å²) in [6, 6.07) is 1.90. The minimum Gasteiger partial charge on any atom is -0.308 e. The van der Waals surface area contributed by atoms with E-state index in [1.807, 2.05) is 6.07 Å². The van der Waals surface area contributed by atoms with Crippen molar-refractivity contribution in [2.75, 3.05) is 11.2 Å². The smallest absolute Gasteiger partial charge is 0.144 e. The van der Waals surface area contributed by atoms with Crippen LogP contribution >= 0.6 is 11.8 Å². The highest BCUT2D eigenvalue weighted by molar-refractivity contribution is 7.99. The third kappa shape index (κ3) is 4.37. The van der Waals surface area contributed by atoms with Crippen LogP contribution in [0.5, 0.6) is 0 Å². The highest BCUT2D eigenvalue weighted by Gasteiger charge is 2.03. The van der Waals surface area contributed by atoms with Gasteiger partial charge >= 0.3 is 0 Å². The van der Waals surface area contributed by atoms with Gasteiger partial charge in [-0.15, -0.1) is 11.8 Å². The summed E-state index contributed by atoms with van der Waals surface area (Å²) in [6.45, 7) is 4.31. The summed E-state index contributed by atoms with van der Waals surface area (Å²) in [5, 5.41) is 1.01. The summed E-state index contributed by atoms with van der Waals surface area (Å²) in [5.74, 6) is 8.07. The molecule has 0 aliphatic rings. The Morgan fingerprint density at radius 3 is 2.75 bits per heavy atom. The number of aromatic nitrogens is 2. The van der Waals surface area contributed by atoms with Gasteiger partial charge in [0.05, 0.1) is 0 Å². The predicted octanol–water partition coefficient (Wildman–Crippen LogP) is 2.61. The second-order valence-electron chi connectivity index (χ2n) is 3.60. The molecule has 3 N–H and O–H groups in total. The summed E-state index contributed by atoms with van der Waals surface area (Å²) in [7, 11) is 0. The molecular weight excluding hydrogens is 220 g/mol. The zero-order chi connectivity index (χ0) is 11.8. The van der Waals surface area contributed by atoms with Crippen LogP contribution in [0.25, 0.3) is 0 Å². The van der Waals surface area contributed by atoms with Gasteiger partial charge in [0.2, 0.25) is 0 Å². The van der Waals surface area contributed by atoms with Gasteiger partial charge in [-0.3, -0.25) is 0 Å². The molecule has 4 nitrogen and oxygen atoms in total. The Bertz CT molecular complexity index is 317. The number of nitrogen functional groups attached to an aromatic ring is 1. The number of rotatable bonds is 7. The quantitative estimate of drug-likeness (QED) is 0.252. The lowest BCUT2D eigenvalue weighted by atomic mass is 10.3. The van der Waals surface area contributed by atoms with Crippen molar-refractivity contribution >= 4 is 17.6 Å². The first-order valence-electron chi connectivity index (χ1n) is 5.77. The van der Waals surface area contributed by atoms with Gasteiger partial charge in [0, 0.05) is 12.5 Å². The third-order valence-corrected chi connectivity index (χ3v) is 3.12. The molecule has 0 fully saturated rings. The number of nitrogens with one attached hydrogen (secondary N) is 1. The van der Waals surface area contributed by atoms with Gasteiger partial charge in [-0.25, -0.2) is 15.8 Å². The number of unbranched alkanes of at least 4 members (excludes halogenated alkanes) is 1. The van der Waals surface area contributed by atoms with Gasteiger partial charge in [0.25, 0.3) is 0 Å². The monoisotopic (exact) mass is 240 g/mol. The van der Waals surface area contributed by atoms with Crippen LogP contribution in [-0.4, -0.2) is 15.7 Å². The molecular formula is C11H20N4S. The first-order chi connectivity index (χ1) is 7.80. The van der Waals surface area contributed by atoms with Gasteiger partial charge in [-0.1, -0.05) is 20.3 Å². The van der Waals surface area contributed by atoms with Crippen molar-refractivity contribution in [1.29, 1.82) is 0 Å². The Balaban J connectivity index is 2.69. The second-order valence-corrected chi connectivity index (χ2v) is 4.72. The van der Waals surface area contributed by atoms with E-state index in [4.69, 9.17) is 5.84 Å². The van der Waals surface area contributed by atoms with Crippen LogP contribution in [0.15, 0.2) is 11.1 Å². The van der Waals surface area contributed by atoms with Crippen LogP contribution in [0.2, 0.25) is 0 Å². The van der Waals surface area contributed by atoms with Crippen molar-refractivity contribution in [3.8, 4) is 0 Å². The van der Waals surface area contributed by atoms with E-state index in [1.165, 1.54) is 12.8 Å². The van der Waals surface area contributed by atoms with Gasteiger partial charge < -0.3 is 5.43 Å². The second kappa shape index (κ2) is 7.46. The number of hydrazine groups is 1. The van der Waals surface area contributed by atoms with Crippen molar-refractivity contribution in [1.82, 2.24) is 9.97 Å². The lowest BCUT2D eigenvalue weighted by Crippen LogP contribution is -2.10. The Morgan fingerprint density at radius 1 is 1.31 bits per heavy atom. The molecule has 0 atom stereocenters. The maximum atomic E-state index is 5.39. The van der Waals surface area contributed by atoms with E-state index in [0.29, 0.717) is 5.82 Å². The topological polar surface area (TPSA) is 63.8 Å². The van der Waals surface area contributed by atoms with Crippen molar-refractivity contribution in [2.24, 2.45) is 5.84 Å². The van der Waals surface area contributed by atoms with E-state index in [9.17, 15) is 0 Å². The first-order valence-corrected chi connectivity index (χ1v) is 6.76. The van der Waals surface area contributed by atoms with E-state index in [1.54, 1.807) is 11.8 Å². The van der Waals surface area contributed by atoms with Gasteiger partial charge in [-0.05, 0) is 18.6 Å². The maximum absolute atomic E-state index is 5.39. The lowest BCUT2D eigenvalue weighted by Gasteiger charge is -2.06. The van der Waals surface area contributed by atoms with Gasteiger partial charge in [-0.2, -0.15) is 0 Å². The summed E-state index contributed by atoms with van der Waals surface area (Å²) in [5.41, 5.74) is 2.59. The minimum atomic E-state index is 0.706. The Labute approximate surface area is 101 Å². The molecule has 16 heavy (non-hydrogen) atoms. The Kier molecular flexibility index (Phi) is 6.18. The number of nitrogens with zero attached hydrogens (tertiary/aromatic N) is 2. The van der Waals surface area contributed by atoms with E-state index in [2.05, 4.69) is 29.2 Å². The Hall–Kier alpha value is -0.810. The zero-order valence-electron chi connectivity index (χ0n) is 9.99. The molecule has 1 aromatic heterocycles. The van der Waals surface area contributed by atoms with E-state index in [-0.39, 0.29) is 0 Å². The first kappa shape index (κ1) is 13.3. The summed E-state index contributed by atoms with van der Waals surface area (Å²) in [6.07, 6.45) is 4.37. The van der Waals surface area contributed by atoms with Crippen LogP contribution in [-0.2, 0) is 6.42 Å². The van der Waals surface area contributed by atoms with Crippen LogP contribution in [0.3, 0.4) is 0 Å². The Morgan fingerprint density at radius 2 is 2.12 bits per heavy atom. The van der Waals surface area contributed by atoms with E-state index >= 15 is 0 Å². The molecule has 0 saturated carbocycles. The fourth-order valence-electron chi connectivity index (χ4n) is 1.28. The average molecular weight is 240 g/mol. The average Bonchev–Trinajstić information content (AvgIpc) is 2.29. The molecule has 0 spiro atoms. The highest BCUT2D eigenvalue weighted by Crippen LogP contribution is 2.20. The maximum Gasteiger partial charge on any atom is 0.144 e. The normalized spacial score (nSPS) is 10.4. The van der Waals surface area contributed by atoms with Crippen LogP contribution in [0, 0.1) is 0 Å². The molecule has 0 unspecified atom stereocenters. The predicted molar refractivity (Wildman–Crippen MR) is 69.5 cm³/mol. The molecule has 0 aromatic carbocycles. The fourth-order valence-corrected chi connectivity index (χ4v) is 2.28.